The van der Waals surface area contributed by atoms with Crippen LogP contribution >= 0.6 is 0 Å². The van der Waals surface area contributed by atoms with E-state index in [9.17, 15) is 35.9 Å². The van der Waals surface area contributed by atoms with Crippen molar-refractivity contribution in [2.24, 2.45) is 11.8 Å². The van der Waals surface area contributed by atoms with E-state index < -0.39 is 47.4 Å². The van der Waals surface area contributed by atoms with Gasteiger partial charge in [-0.15, -0.1) is 10.2 Å². The van der Waals surface area contributed by atoms with Crippen molar-refractivity contribution in [3.63, 3.8) is 0 Å². The zero-order chi connectivity index (χ0) is 45.1. The predicted octanol–water partition coefficient (Wildman–Crippen LogP) is 7.87. The second-order valence-electron chi connectivity index (χ2n) is 15.7. The zero-order valence-electron chi connectivity index (χ0n) is 34.5. The summed E-state index contributed by atoms with van der Waals surface area (Å²) in [6.07, 6.45) is -4.83. The van der Waals surface area contributed by atoms with Crippen LogP contribution in [0, 0.1) is 11.8 Å². The van der Waals surface area contributed by atoms with E-state index in [1.165, 1.54) is 24.3 Å². The largest absolute Gasteiger partial charge is 0.416 e. The van der Waals surface area contributed by atoms with Crippen LogP contribution in [0.2, 0.25) is 0 Å². The number of amides is 2. The smallest absolute Gasteiger partial charge is 0.373 e. The third kappa shape index (κ3) is 12.8. The minimum absolute atomic E-state index is 0.0248. The normalized spacial score (nSPS) is 20.2. The van der Waals surface area contributed by atoms with Gasteiger partial charge in [0.15, 0.2) is 0 Å². The molecule has 0 unspecified atom stereocenters. The van der Waals surface area contributed by atoms with E-state index in [0.29, 0.717) is 22.5 Å². The Balaban J connectivity index is 1.14. The summed E-state index contributed by atoms with van der Waals surface area (Å²) >= 11 is 0. The van der Waals surface area contributed by atoms with Gasteiger partial charge in [-0.05, 0) is 72.2 Å². The summed E-state index contributed by atoms with van der Waals surface area (Å²) in [4.78, 5) is 28.3. The van der Waals surface area contributed by atoms with E-state index in [1.54, 1.807) is 21.8 Å². The molecule has 0 fully saturated rings. The molecule has 4 atom stereocenters. The van der Waals surface area contributed by atoms with Gasteiger partial charge in [-0.3, -0.25) is 19.0 Å². The molecular formula is C46H46F6N8O4. The monoisotopic (exact) mass is 888 g/mol. The summed E-state index contributed by atoms with van der Waals surface area (Å²) in [7, 11) is 0. The number of alkyl halides is 6. The maximum atomic E-state index is 14.2. The van der Waals surface area contributed by atoms with E-state index in [1.807, 2.05) is 60.7 Å². The first-order valence-electron chi connectivity index (χ1n) is 20.7. The number of aryl methyl sites for hydroxylation is 2. The highest BCUT2D eigenvalue weighted by Gasteiger charge is 2.32. The number of fused-ring (bicyclic) bond motifs is 4. The topological polar surface area (TPSA) is 138 Å². The van der Waals surface area contributed by atoms with Crippen molar-refractivity contribution < 1.29 is 45.4 Å². The second kappa shape index (κ2) is 20.9. The molecule has 336 valence electrons. The standard InChI is InChI=1S/C46H46F6N8O4/c47-45(48,49)37-15-11-31(12-16-37)23-35-19-21-59-26-40(56-58-59)28-64-30-42(34-9-5-2-6-10-34)54-44(62)36(24-32-13-17-38(18-14-32)46(50,51)52)20-22-60-25-39(55-57-60)27-63-29-41(53-43(35)61)33-7-3-1-4-8-33/h1-18,25-26,35-36,41-42H,19-24,27-30H2,(H,53,61)(H,54,62)/t35-,36-,41-,42-/m0/s1. The molecule has 4 bridgehead atoms. The number of nitrogens with one attached hydrogen (secondary N) is 2. The van der Waals surface area contributed by atoms with Crippen LogP contribution in [0.4, 0.5) is 26.3 Å². The molecule has 0 radical (unpaired) electrons. The van der Waals surface area contributed by atoms with Gasteiger partial charge in [-0.2, -0.15) is 26.3 Å². The van der Waals surface area contributed by atoms with Gasteiger partial charge in [-0.1, -0.05) is 95.4 Å². The number of aromatic nitrogens is 6. The number of halogens is 6. The van der Waals surface area contributed by atoms with Crippen molar-refractivity contribution in [1.82, 2.24) is 40.6 Å². The molecular weight excluding hydrogens is 843 g/mol. The number of nitrogens with zero attached hydrogens (tertiary/aromatic N) is 6. The molecule has 1 aliphatic rings. The lowest BCUT2D eigenvalue weighted by Gasteiger charge is -2.24. The van der Waals surface area contributed by atoms with Gasteiger partial charge in [-0.25, -0.2) is 0 Å². The lowest BCUT2D eigenvalue weighted by molar-refractivity contribution is -0.138. The number of hydrogen-bond donors (Lipinski definition) is 2. The molecule has 1 aliphatic heterocycles. The minimum atomic E-state index is -4.50. The Bertz CT molecular complexity index is 2240. The number of rotatable bonds is 6. The van der Waals surface area contributed by atoms with Crippen molar-refractivity contribution in [3.8, 4) is 0 Å². The Hall–Kier alpha value is -6.40. The van der Waals surface area contributed by atoms with E-state index in [2.05, 4.69) is 31.3 Å². The van der Waals surface area contributed by atoms with Crippen LogP contribution in [0.5, 0.6) is 0 Å². The fourth-order valence-corrected chi connectivity index (χ4v) is 7.44. The van der Waals surface area contributed by atoms with Crippen LogP contribution in [0.25, 0.3) is 0 Å². The molecule has 7 rings (SSSR count). The first-order chi connectivity index (χ1) is 30.8. The molecule has 18 heteroatoms. The zero-order valence-corrected chi connectivity index (χ0v) is 34.5. The van der Waals surface area contributed by atoms with Gasteiger partial charge in [0.2, 0.25) is 11.8 Å². The Morgan fingerprint density at radius 2 is 0.922 bits per heavy atom. The summed E-state index contributed by atoms with van der Waals surface area (Å²) in [6.45, 7) is 0.627. The van der Waals surface area contributed by atoms with Crippen LogP contribution in [0.15, 0.2) is 122 Å². The average molecular weight is 889 g/mol. The van der Waals surface area contributed by atoms with Gasteiger partial charge in [0.05, 0.1) is 62.0 Å². The fraction of sp³-hybridized carbons (Fsp3) is 0.348. The van der Waals surface area contributed by atoms with Crippen LogP contribution in [0.1, 0.15) is 69.7 Å². The summed E-state index contributed by atoms with van der Waals surface area (Å²) in [6, 6.07) is 26.7. The molecule has 0 saturated carbocycles. The van der Waals surface area contributed by atoms with Crippen molar-refractivity contribution >= 4 is 11.8 Å². The fourth-order valence-electron chi connectivity index (χ4n) is 7.44. The highest BCUT2D eigenvalue weighted by Crippen LogP contribution is 2.31. The molecule has 12 nitrogen and oxygen atoms in total. The average Bonchev–Trinajstić information content (AvgIpc) is 3.95. The quantitative estimate of drug-likeness (QED) is 0.161. The van der Waals surface area contributed by atoms with Crippen molar-refractivity contribution in [3.05, 3.63) is 166 Å². The Labute approximate surface area is 365 Å². The molecule has 6 aromatic rings. The maximum absolute atomic E-state index is 14.2. The second-order valence-corrected chi connectivity index (χ2v) is 15.7. The Kier molecular flexibility index (Phi) is 14.9. The first-order valence-corrected chi connectivity index (χ1v) is 20.7. The molecule has 4 aromatic carbocycles. The molecule has 2 aromatic heterocycles. The van der Waals surface area contributed by atoms with Gasteiger partial charge < -0.3 is 20.1 Å². The van der Waals surface area contributed by atoms with Crippen molar-refractivity contribution in [2.75, 3.05) is 13.2 Å². The Morgan fingerprint density at radius 3 is 1.28 bits per heavy atom. The lowest BCUT2D eigenvalue weighted by atomic mass is 9.94. The first kappa shape index (κ1) is 45.6. The molecule has 2 N–H and O–H groups in total. The third-order valence-corrected chi connectivity index (χ3v) is 11.0. The maximum Gasteiger partial charge on any atom is 0.416 e. The van der Waals surface area contributed by atoms with Gasteiger partial charge in [0, 0.05) is 24.9 Å². The summed E-state index contributed by atoms with van der Waals surface area (Å²) in [5.41, 5.74) is 2.02. The number of carbonyl (C=O) groups excluding carboxylic acids is 2. The number of hydrogen-bond acceptors (Lipinski definition) is 8. The molecule has 2 amide bonds. The summed E-state index contributed by atoms with van der Waals surface area (Å²) in [5.74, 6) is -2.03. The number of ether oxygens (including phenoxy) is 2. The van der Waals surface area contributed by atoms with E-state index in [4.69, 9.17) is 9.47 Å². The van der Waals surface area contributed by atoms with Gasteiger partial charge in [0.25, 0.3) is 0 Å². The van der Waals surface area contributed by atoms with E-state index >= 15 is 0 Å². The van der Waals surface area contributed by atoms with E-state index in [-0.39, 0.29) is 77.0 Å². The number of carbonyl (C=O) groups is 2. The minimum Gasteiger partial charge on any atom is -0.373 e. The van der Waals surface area contributed by atoms with Gasteiger partial charge in [0.1, 0.15) is 11.4 Å². The van der Waals surface area contributed by atoms with E-state index in [0.717, 1.165) is 35.4 Å². The van der Waals surface area contributed by atoms with Crippen LogP contribution in [0.3, 0.4) is 0 Å². The number of benzene rings is 4. The SMILES string of the molecule is O=C1N[C@H](c2ccccc2)COCc2cn(nn2)CC[C@@H](Cc2ccc(C(F)(F)F)cc2)C(=O)N[C@H](c2ccccc2)COCc2cn(nn2)CC[C@H]1Cc1ccc(C(F)(F)F)cc1. The lowest BCUT2D eigenvalue weighted by Crippen LogP contribution is -2.37. The third-order valence-electron chi connectivity index (χ3n) is 11.0. The molecule has 0 saturated heterocycles. The molecule has 3 heterocycles. The Morgan fingerprint density at radius 1 is 0.547 bits per heavy atom. The van der Waals surface area contributed by atoms with Gasteiger partial charge >= 0.3 is 12.4 Å². The highest BCUT2D eigenvalue weighted by atomic mass is 19.4. The summed E-state index contributed by atoms with van der Waals surface area (Å²) in [5, 5.41) is 23.2. The van der Waals surface area contributed by atoms with Crippen LogP contribution in [-0.4, -0.2) is 55.0 Å². The summed E-state index contributed by atoms with van der Waals surface area (Å²) < 4.78 is 95.5. The molecule has 0 aliphatic carbocycles. The molecule has 64 heavy (non-hydrogen) atoms. The highest BCUT2D eigenvalue weighted by molar-refractivity contribution is 5.80. The van der Waals surface area contributed by atoms with Crippen LogP contribution < -0.4 is 10.6 Å². The van der Waals surface area contributed by atoms with Crippen molar-refractivity contribution in [1.29, 1.82) is 0 Å². The molecule has 0 spiro atoms. The van der Waals surface area contributed by atoms with Crippen LogP contribution in [-0.2, 0) is 70.6 Å². The predicted molar refractivity (Wildman–Crippen MR) is 221 cm³/mol. The van der Waals surface area contributed by atoms with Crippen molar-refractivity contribution in [2.45, 2.75) is 76.4 Å².